The van der Waals surface area contributed by atoms with Crippen molar-refractivity contribution >= 4 is 11.9 Å². The largest absolute Gasteiger partial charge is 0.467 e. The predicted octanol–water partition coefficient (Wildman–Crippen LogP) is 1.45. The fourth-order valence-corrected chi connectivity index (χ4v) is 4.32. The first-order chi connectivity index (χ1) is 10.9. The highest BCUT2D eigenvalue weighted by Gasteiger charge is 2.52. The number of nitrogens with zero attached hydrogens (tertiary/aromatic N) is 2. The van der Waals surface area contributed by atoms with Gasteiger partial charge in [-0.2, -0.15) is 0 Å². The number of rotatable bonds is 5. The highest BCUT2D eigenvalue weighted by atomic mass is 16.5. The van der Waals surface area contributed by atoms with Crippen LogP contribution in [-0.2, 0) is 27.8 Å². The first-order valence-electron chi connectivity index (χ1n) is 8.29. The van der Waals surface area contributed by atoms with Gasteiger partial charge >= 0.3 is 5.97 Å². The number of methoxy groups -OCH3 is 1. The molecule has 0 saturated heterocycles. The summed E-state index contributed by atoms with van der Waals surface area (Å²) in [5.74, 6) is 1.42. The maximum Gasteiger partial charge on any atom is 0.328 e. The zero-order chi connectivity index (χ0) is 16.6. The van der Waals surface area contributed by atoms with Crippen LogP contribution in [0.1, 0.15) is 38.4 Å². The average molecular weight is 319 g/mol. The first kappa shape index (κ1) is 16.0. The van der Waals surface area contributed by atoms with E-state index in [1.807, 2.05) is 24.7 Å². The molecule has 4 atom stereocenters. The van der Waals surface area contributed by atoms with Crippen molar-refractivity contribution in [2.45, 2.75) is 45.1 Å². The monoisotopic (exact) mass is 319 g/mol. The molecule has 0 spiro atoms. The SMILES string of the molecule is COC(=O)C(Cc1nccn1C)NC(=O)C1(C)CC2CCC1C2. The molecule has 0 aliphatic heterocycles. The van der Waals surface area contributed by atoms with Crippen molar-refractivity contribution in [1.29, 1.82) is 0 Å². The fourth-order valence-electron chi connectivity index (χ4n) is 4.32. The van der Waals surface area contributed by atoms with E-state index >= 15 is 0 Å². The maximum absolute atomic E-state index is 12.9. The summed E-state index contributed by atoms with van der Waals surface area (Å²) in [7, 11) is 3.22. The van der Waals surface area contributed by atoms with Gasteiger partial charge in [-0.3, -0.25) is 4.79 Å². The van der Waals surface area contributed by atoms with Crippen LogP contribution in [-0.4, -0.2) is 34.6 Å². The van der Waals surface area contributed by atoms with Crippen LogP contribution in [0.2, 0.25) is 0 Å². The molecule has 1 amide bonds. The molecular weight excluding hydrogens is 294 g/mol. The number of carbonyl (C=O) groups excluding carboxylic acids is 2. The Kier molecular flexibility index (Phi) is 4.17. The Morgan fingerprint density at radius 3 is 2.83 bits per heavy atom. The van der Waals surface area contributed by atoms with Gasteiger partial charge in [0, 0.05) is 31.3 Å². The van der Waals surface area contributed by atoms with Crippen molar-refractivity contribution in [3.8, 4) is 0 Å². The summed E-state index contributed by atoms with van der Waals surface area (Å²) >= 11 is 0. The minimum absolute atomic E-state index is 0.0192. The molecule has 2 aliphatic carbocycles. The van der Waals surface area contributed by atoms with Crippen molar-refractivity contribution in [3.63, 3.8) is 0 Å². The van der Waals surface area contributed by atoms with E-state index in [-0.39, 0.29) is 11.3 Å². The number of carbonyl (C=O) groups is 2. The number of aromatic nitrogens is 2. The van der Waals surface area contributed by atoms with Crippen LogP contribution < -0.4 is 5.32 Å². The van der Waals surface area contributed by atoms with E-state index in [0.717, 1.165) is 25.1 Å². The van der Waals surface area contributed by atoms with Gasteiger partial charge in [0.2, 0.25) is 5.91 Å². The molecule has 6 nitrogen and oxygen atoms in total. The third kappa shape index (κ3) is 2.86. The predicted molar refractivity (Wildman–Crippen MR) is 84.4 cm³/mol. The minimum Gasteiger partial charge on any atom is -0.467 e. The van der Waals surface area contributed by atoms with Crippen molar-refractivity contribution < 1.29 is 14.3 Å². The molecule has 1 aromatic rings. The van der Waals surface area contributed by atoms with Gasteiger partial charge in [-0.15, -0.1) is 0 Å². The molecule has 1 N–H and O–H groups in total. The lowest BCUT2D eigenvalue weighted by atomic mass is 9.74. The van der Waals surface area contributed by atoms with Crippen molar-refractivity contribution in [3.05, 3.63) is 18.2 Å². The molecule has 2 aliphatic rings. The number of aryl methyl sites for hydroxylation is 1. The van der Waals surface area contributed by atoms with E-state index in [9.17, 15) is 9.59 Å². The van der Waals surface area contributed by atoms with Crippen LogP contribution in [0.15, 0.2) is 12.4 Å². The van der Waals surface area contributed by atoms with Gasteiger partial charge in [0.1, 0.15) is 11.9 Å². The van der Waals surface area contributed by atoms with Crippen molar-refractivity contribution in [2.24, 2.45) is 24.3 Å². The third-order valence-electron chi connectivity index (χ3n) is 5.77. The molecule has 6 heteroatoms. The minimum atomic E-state index is -0.690. The molecular formula is C17H25N3O3. The second-order valence-electron chi connectivity index (χ2n) is 7.21. The molecule has 126 valence electrons. The van der Waals surface area contributed by atoms with E-state index in [2.05, 4.69) is 10.3 Å². The van der Waals surface area contributed by atoms with E-state index in [1.54, 1.807) is 6.20 Å². The smallest absolute Gasteiger partial charge is 0.328 e. The lowest BCUT2D eigenvalue weighted by molar-refractivity contribution is -0.147. The van der Waals surface area contributed by atoms with Crippen molar-refractivity contribution in [1.82, 2.24) is 14.9 Å². The summed E-state index contributed by atoms with van der Waals surface area (Å²) in [5.41, 5.74) is -0.350. The summed E-state index contributed by atoms with van der Waals surface area (Å²) in [4.78, 5) is 29.2. The topological polar surface area (TPSA) is 73.2 Å². The number of esters is 1. The maximum atomic E-state index is 12.9. The third-order valence-corrected chi connectivity index (χ3v) is 5.77. The Balaban J connectivity index is 1.72. The molecule has 2 saturated carbocycles. The molecule has 2 bridgehead atoms. The molecule has 0 aromatic carbocycles. The second-order valence-corrected chi connectivity index (χ2v) is 7.21. The van der Waals surface area contributed by atoms with Gasteiger partial charge < -0.3 is 14.6 Å². The highest BCUT2D eigenvalue weighted by molar-refractivity contribution is 5.88. The molecule has 2 fully saturated rings. The van der Waals surface area contributed by atoms with Gasteiger partial charge in [0.05, 0.1) is 7.11 Å². The second kappa shape index (κ2) is 5.98. The Hall–Kier alpha value is -1.85. The van der Waals surface area contributed by atoms with Gasteiger partial charge in [0.15, 0.2) is 0 Å². The summed E-state index contributed by atoms with van der Waals surface area (Å²) in [5, 5.41) is 2.93. The van der Waals surface area contributed by atoms with Gasteiger partial charge in [-0.25, -0.2) is 9.78 Å². The van der Waals surface area contributed by atoms with Crippen LogP contribution in [0.3, 0.4) is 0 Å². The van der Waals surface area contributed by atoms with Gasteiger partial charge in [-0.1, -0.05) is 13.3 Å². The first-order valence-corrected chi connectivity index (χ1v) is 8.29. The summed E-state index contributed by atoms with van der Waals surface area (Å²) in [6.45, 7) is 2.04. The quantitative estimate of drug-likeness (QED) is 0.834. The van der Waals surface area contributed by atoms with Gasteiger partial charge in [0.25, 0.3) is 0 Å². The Bertz CT molecular complexity index is 612. The highest BCUT2D eigenvalue weighted by Crippen LogP contribution is 2.55. The van der Waals surface area contributed by atoms with E-state index < -0.39 is 12.0 Å². The molecule has 4 unspecified atom stereocenters. The average Bonchev–Trinajstić information content (AvgIpc) is 3.22. The molecule has 3 rings (SSSR count). The molecule has 1 heterocycles. The van der Waals surface area contributed by atoms with Gasteiger partial charge in [-0.05, 0) is 31.1 Å². The molecule has 0 radical (unpaired) electrons. The molecule has 23 heavy (non-hydrogen) atoms. The number of hydrogen-bond acceptors (Lipinski definition) is 4. The van der Waals surface area contributed by atoms with Crippen LogP contribution in [0.25, 0.3) is 0 Å². The Labute approximate surface area is 136 Å². The number of nitrogens with one attached hydrogen (secondary N) is 1. The number of amides is 1. The fraction of sp³-hybridized carbons (Fsp3) is 0.706. The normalized spacial score (nSPS) is 30.2. The summed E-state index contributed by atoms with van der Waals surface area (Å²) in [6.07, 6.45) is 8.28. The Morgan fingerprint density at radius 2 is 2.30 bits per heavy atom. The van der Waals surface area contributed by atoms with E-state index in [0.29, 0.717) is 18.3 Å². The summed E-state index contributed by atoms with van der Waals surface area (Å²) in [6, 6.07) is -0.690. The van der Waals surface area contributed by atoms with Crippen LogP contribution in [0.5, 0.6) is 0 Å². The number of fused-ring (bicyclic) bond motifs is 2. The Morgan fingerprint density at radius 1 is 1.52 bits per heavy atom. The zero-order valence-electron chi connectivity index (χ0n) is 14.0. The lowest BCUT2D eigenvalue weighted by Gasteiger charge is -2.33. The molecule has 1 aromatic heterocycles. The lowest BCUT2D eigenvalue weighted by Crippen LogP contribution is -2.50. The summed E-state index contributed by atoms with van der Waals surface area (Å²) < 4.78 is 6.72. The van der Waals surface area contributed by atoms with Crippen LogP contribution in [0, 0.1) is 17.3 Å². The van der Waals surface area contributed by atoms with Crippen molar-refractivity contribution in [2.75, 3.05) is 7.11 Å². The van der Waals surface area contributed by atoms with E-state index in [1.165, 1.54) is 13.5 Å². The van der Waals surface area contributed by atoms with Crippen LogP contribution >= 0.6 is 0 Å². The van der Waals surface area contributed by atoms with E-state index in [4.69, 9.17) is 4.74 Å². The standard InChI is InChI=1S/C17H25N3O3/c1-17(10-11-4-5-12(17)8-11)16(22)19-13(15(21)23-3)9-14-18-6-7-20(14)2/h6-7,11-13H,4-5,8-10H2,1-3H3,(H,19,22). The zero-order valence-corrected chi connectivity index (χ0v) is 14.0. The van der Waals surface area contributed by atoms with Crippen LogP contribution in [0.4, 0.5) is 0 Å². The number of hydrogen-bond donors (Lipinski definition) is 1. The number of ether oxygens (including phenoxy) is 1. The number of imidazole rings is 1.